The molecule has 0 aliphatic rings. The van der Waals surface area contributed by atoms with Gasteiger partial charge < -0.3 is 15.8 Å². The first-order valence-electron chi connectivity index (χ1n) is 5.83. The van der Waals surface area contributed by atoms with E-state index in [1.807, 2.05) is 0 Å². The summed E-state index contributed by atoms with van der Waals surface area (Å²) in [4.78, 5) is 10.9. The van der Waals surface area contributed by atoms with E-state index in [2.05, 4.69) is 29.1 Å². The summed E-state index contributed by atoms with van der Waals surface area (Å²) < 4.78 is 5.13. The van der Waals surface area contributed by atoms with Crippen molar-refractivity contribution in [2.45, 2.75) is 19.9 Å². The van der Waals surface area contributed by atoms with Gasteiger partial charge in [-0.05, 0) is 19.4 Å². The van der Waals surface area contributed by atoms with Gasteiger partial charge in [-0.15, -0.1) is 11.3 Å². The van der Waals surface area contributed by atoms with E-state index in [9.17, 15) is 0 Å². The van der Waals surface area contributed by atoms with E-state index in [0.29, 0.717) is 13.2 Å². The molecular formula is C12H18N4OS. The largest absolute Gasteiger partial charge is 0.383 e. The number of aryl methyl sites for hydroxylation is 2. The molecule has 0 aromatic carbocycles. The number of nitrogens with zero attached hydrogens (tertiary/aromatic N) is 2. The van der Waals surface area contributed by atoms with Crippen LogP contribution in [0.5, 0.6) is 0 Å². The zero-order chi connectivity index (χ0) is 13.1. The van der Waals surface area contributed by atoms with Gasteiger partial charge in [0.2, 0.25) is 0 Å². The second-order valence-electron chi connectivity index (χ2n) is 4.22. The molecule has 2 rings (SSSR count). The first-order chi connectivity index (χ1) is 8.67. The molecule has 3 N–H and O–H groups in total. The summed E-state index contributed by atoms with van der Waals surface area (Å²) in [6.07, 6.45) is 1.58. The first kappa shape index (κ1) is 13.2. The number of thiophene rings is 1. The Hall–Kier alpha value is -1.24. The SMILES string of the molecule is COCC(CN)Nc1ncnc2sc(C)c(C)c12. The number of methoxy groups -OCH3 is 1. The molecule has 0 saturated heterocycles. The van der Waals surface area contributed by atoms with Crippen LogP contribution in [0.1, 0.15) is 10.4 Å². The average Bonchev–Trinajstić information content (AvgIpc) is 2.65. The molecule has 0 aliphatic heterocycles. The molecule has 0 spiro atoms. The topological polar surface area (TPSA) is 73.1 Å². The lowest BCUT2D eigenvalue weighted by atomic mass is 10.2. The smallest absolute Gasteiger partial charge is 0.138 e. The van der Waals surface area contributed by atoms with Gasteiger partial charge in [-0.3, -0.25) is 0 Å². The molecule has 1 unspecified atom stereocenters. The first-order valence-corrected chi connectivity index (χ1v) is 6.65. The average molecular weight is 266 g/mol. The lowest BCUT2D eigenvalue weighted by Crippen LogP contribution is -2.33. The van der Waals surface area contributed by atoms with Gasteiger partial charge >= 0.3 is 0 Å². The zero-order valence-corrected chi connectivity index (χ0v) is 11.7. The van der Waals surface area contributed by atoms with Gasteiger partial charge in [0, 0.05) is 18.5 Å². The highest BCUT2D eigenvalue weighted by Gasteiger charge is 2.14. The number of anilines is 1. The third-order valence-electron chi connectivity index (χ3n) is 2.96. The fraction of sp³-hybridized carbons (Fsp3) is 0.500. The van der Waals surface area contributed by atoms with Crippen molar-refractivity contribution in [1.82, 2.24) is 9.97 Å². The van der Waals surface area contributed by atoms with Crippen LogP contribution in [0.4, 0.5) is 5.82 Å². The van der Waals surface area contributed by atoms with E-state index in [1.54, 1.807) is 24.8 Å². The second kappa shape index (κ2) is 5.60. The van der Waals surface area contributed by atoms with Gasteiger partial charge in [-0.2, -0.15) is 0 Å². The van der Waals surface area contributed by atoms with Crippen molar-refractivity contribution in [3.63, 3.8) is 0 Å². The van der Waals surface area contributed by atoms with E-state index in [0.717, 1.165) is 16.0 Å². The summed E-state index contributed by atoms with van der Waals surface area (Å²) in [5.74, 6) is 0.842. The Morgan fingerprint density at radius 3 is 2.89 bits per heavy atom. The predicted molar refractivity (Wildman–Crippen MR) is 75.2 cm³/mol. The Labute approximate surface area is 110 Å². The van der Waals surface area contributed by atoms with Gasteiger partial charge in [0.15, 0.2) is 0 Å². The number of hydrogen-bond donors (Lipinski definition) is 2. The number of hydrogen-bond acceptors (Lipinski definition) is 6. The normalized spacial score (nSPS) is 12.9. The lowest BCUT2D eigenvalue weighted by Gasteiger charge is -2.17. The molecule has 6 heteroatoms. The highest BCUT2D eigenvalue weighted by molar-refractivity contribution is 7.18. The summed E-state index contributed by atoms with van der Waals surface area (Å²) in [7, 11) is 1.67. The number of nitrogens with one attached hydrogen (secondary N) is 1. The van der Waals surface area contributed by atoms with Crippen molar-refractivity contribution in [3.05, 3.63) is 16.8 Å². The third kappa shape index (κ3) is 2.45. The molecule has 2 aromatic heterocycles. The van der Waals surface area contributed by atoms with Crippen LogP contribution >= 0.6 is 11.3 Å². The molecule has 2 aromatic rings. The van der Waals surface area contributed by atoms with Gasteiger partial charge in [-0.1, -0.05) is 0 Å². The van der Waals surface area contributed by atoms with E-state index in [-0.39, 0.29) is 6.04 Å². The molecular weight excluding hydrogens is 248 g/mol. The van der Waals surface area contributed by atoms with Crippen LogP contribution in [-0.4, -0.2) is 36.3 Å². The van der Waals surface area contributed by atoms with E-state index < -0.39 is 0 Å². The molecule has 1 atom stereocenters. The summed E-state index contributed by atoms with van der Waals surface area (Å²) in [5.41, 5.74) is 6.94. The molecule has 0 fully saturated rings. The van der Waals surface area contributed by atoms with E-state index in [4.69, 9.17) is 10.5 Å². The maximum atomic E-state index is 5.71. The van der Waals surface area contributed by atoms with Crippen LogP contribution in [0.2, 0.25) is 0 Å². The molecule has 0 bridgehead atoms. The fourth-order valence-electron chi connectivity index (χ4n) is 1.86. The third-order valence-corrected chi connectivity index (χ3v) is 4.07. The van der Waals surface area contributed by atoms with Crippen molar-refractivity contribution in [3.8, 4) is 0 Å². The predicted octanol–water partition coefficient (Wildman–Crippen LogP) is 1.69. The quantitative estimate of drug-likeness (QED) is 0.861. The summed E-state index contributed by atoms with van der Waals surface area (Å²) >= 11 is 1.69. The molecule has 0 saturated carbocycles. The number of nitrogens with two attached hydrogens (primary N) is 1. The van der Waals surface area contributed by atoms with Gasteiger partial charge in [-0.25, -0.2) is 9.97 Å². The minimum Gasteiger partial charge on any atom is -0.383 e. The van der Waals surface area contributed by atoms with Crippen LogP contribution in [0, 0.1) is 13.8 Å². The molecule has 0 aliphatic carbocycles. The number of fused-ring (bicyclic) bond motifs is 1. The van der Waals surface area contributed by atoms with Crippen molar-refractivity contribution in [2.75, 3.05) is 25.6 Å². The summed E-state index contributed by atoms with van der Waals surface area (Å²) in [6, 6.07) is 0.0627. The molecule has 0 amide bonds. The van der Waals surface area contributed by atoms with Crippen LogP contribution in [-0.2, 0) is 4.74 Å². The monoisotopic (exact) mass is 266 g/mol. The second-order valence-corrected chi connectivity index (χ2v) is 5.42. The highest BCUT2D eigenvalue weighted by Crippen LogP contribution is 2.32. The Bertz CT molecular complexity index is 540. The van der Waals surface area contributed by atoms with Gasteiger partial charge in [0.05, 0.1) is 18.0 Å². The Morgan fingerprint density at radius 2 is 2.22 bits per heavy atom. The van der Waals surface area contributed by atoms with Crippen LogP contribution < -0.4 is 11.1 Å². The minimum absolute atomic E-state index is 0.0627. The Kier molecular flexibility index (Phi) is 4.11. The summed E-state index contributed by atoms with van der Waals surface area (Å²) in [5, 5.41) is 4.42. The van der Waals surface area contributed by atoms with E-state index in [1.165, 1.54) is 10.4 Å². The minimum atomic E-state index is 0.0627. The van der Waals surface area contributed by atoms with Crippen molar-refractivity contribution in [2.24, 2.45) is 5.73 Å². The molecule has 5 nitrogen and oxygen atoms in total. The summed E-state index contributed by atoms with van der Waals surface area (Å²) in [6.45, 7) is 5.25. The fourth-order valence-corrected chi connectivity index (χ4v) is 2.85. The Balaban J connectivity index is 2.38. The maximum Gasteiger partial charge on any atom is 0.138 e. The van der Waals surface area contributed by atoms with Crippen molar-refractivity contribution in [1.29, 1.82) is 0 Å². The van der Waals surface area contributed by atoms with Crippen molar-refractivity contribution >= 4 is 27.4 Å². The van der Waals surface area contributed by atoms with E-state index >= 15 is 0 Å². The standard InChI is InChI=1S/C12H18N4OS/c1-7-8(2)18-12-10(7)11(14-6-15-12)16-9(4-13)5-17-3/h6,9H,4-5,13H2,1-3H3,(H,14,15,16). The molecule has 98 valence electrons. The maximum absolute atomic E-state index is 5.71. The van der Waals surface area contributed by atoms with Crippen LogP contribution in [0.25, 0.3) is 10.2 Å². The number of rotatable bonds is 5. The molecule has 0 radical (unpaired) electrons. The highest BCUT2D eigenvalue weighted by atomic mass is 32.1. The van der Waals surface area contributed by atoms with Crippen molar-refractivity contribution < 1.29 is 4.74 Å². The molecule has 18 heavy (non-hydrogen) atoms. The van der Waals surface area contributed by atoms with Crippen LogP contribution in [0.3, 0.4) is 0 Å². The van der Waals surface area contributed by atoms with Gasteiger partial charge in [0.1, 0.15) is 17.0 Å². The lowest BCUT2D eigenvalue weighted by molar-refractivity contribution is 0.187. The molecule has 2 heterocycles. The van der Waals surface area contributed by atoms with Gasteiger partial charge in [0.25, 0.3) is 0 Å². The van der Waals surface area contributed by atoms with Crippen LogP contribution in [0.15, 0.2) is 6.33 Å². The Morgan fingerprint density at radius 1 is 1.44 bits per heavy atom. The number of aromatic nitrogens is 2. The zero-order valence-electron chi connectivity index (χ0n) is 10.9. The number of ether oxygens (including phenoxy) is 1.